The summed E-state index contributed by atoms with van der Waals surface area (Å²) in [6, 6.07) is 10.9. The van der Waals surface area contributed by atoms with Crippen molar-refractivity contribution in [3.63, 3.8) is 0 Å². The van der Waals surface area contributed by atoms with Crippen molar-refractivity contribution >= 4 is 41.2 Å². The molecule has 0 aromatic heterocycles. The van der Waals surface area contributed by atoms with Crippen LogP contribution in [0, 0.1) is 0 Å². The molecule has 2 aromatic carbocycles. The van der Waals surface area contributed by atoms with Gasteiger partial charge < -0.3 is 20.0 Å². The van der Waals surface area contributed by atoms with Crippen molar-refractivity contribution in [2.45, 2.75) is 0 Å². The lowest BCUT2D eigenvalue weighted by atomic mass is 10.1. The topological polar surface area (TPSA) is 78.5 Å². The van der Waals surface area contributed by atoms with E-state index in [-0.39, 0.29) is 10.6 Å². The second-order valence-electron chi connectivity index (χ2n) is 4.70. The Balaban J connectivity index is 2.25. The summed E-state index contributed by atoms with van der Waals surface area (Å²) >= 11 is 11.7. The standard InChI is InChI=1S/C17H13Cl2NO4/c1-24-12-5-2-10(3-6-12)8-15(17(22)23)20-16(21)13-7-4-11(18)9-14(13)19/h2-9H,1H3,(H,20,21)(H,22,23)/p-1/b15-8+. The highest BCUT2D eigenvalue weighted by atomic mass is 35.5. The third-order valence-electron chi connectivity index (χ3n) is 3.07. The van der Waals surface area contributed by atoms with Crippen molar-refractivity contribution in [2.75, 3.05) is 7.11 Å². The molecule has 124 valence electrons. The third kappa shape index (κ3) is 4.50. The lowest BCUT2D eigenvalue weighted by molar-refractivity contribution is -0.299. The van der Waals surface area contributed by atoms with Crippen molar-refractivity contribution in [2.24, 2.45) is 0 Å². The zero-order valence-electron chi connectivity index (χ0n) is 12.5. The molecule has 0 aliphatic carbocycles. The first-order valence-electron chi connectivity index (χ1n) is 6.74. The van der Waals surface area contributed by atoms with Crippen LogP contribution < -0.4 is 15.2 Å². The highest BCUT2D eigenvalue weighted by Crippen LogP contribution is 2.21. The second-order valence-corrected chi connectivity index (χ2v) is 5.54. The molecule has 2 aromatic rings. The molecular weight excluding hydrogens is 353 g/mol. The Kier molecular flexibility index (Phi) is 5.84. The lowest BCUT2D eigenvalue weighted by Crippen LogP contribution is -2.35. The highest BCUT2D eigenvalue weighted by molar-refractivity contribution is 6.36. The molecular formula is C17H12Cl2NO4-. The number of carboxylic acid groups (broad SMARTS) is 1. The van der Waals surface area contributed by atoms with Crippen molar-refractivity contribution < 1.29 is 19.4 Å². The maximum absolute atomic E-state index is 12.2. The van der Waals surface area contributed by atoms with Gasteiger partial charge in [0.15, 0.2) is 0 Å². The van der Waals surface area contributed by atoms with E-state index in [1.807, 2.05) is 0 Å². The van der Waals surface area contributed by atoms with Gasteiger partial charge in [0.05, 0.1) is 29.4 Å². The molecule has 0 unspecified atom stereocenters. The molecule has 0 spiro atoms. The van der Waals surface area contributed by atoms with Crippen LogP contribution in [0.5, 0.6) is 5.75 Å². The summed E-state index contributed by atoms with van der Waals surface area (Å²) in [5, 5.41) is 14.0. The number of aliphatic carboxylic acids is 1. The Morgan fingerprint density at radius 1 is 1.12 bits per heavy atom. The molecule has 0 radical (unpaired) electrons. The lowest BCUT2D eigenvalue weighted by Gasteiger charge is -2.12. The fourth-order valence-corrected chi connectivity index (χ4v) is 2.37. The zero-order valence-corrected chi connectivity index (χ0v) is 14.0. The van der Waals surface area contributed by atoms with Gasteiger partial charge >= 0.3 is 0 Å². The van der Waals surface area contributed by atoms with Crippen molar-refractivity contribution in [3.8, 4) is 5.75 Å². The number of carbonyl (C=O) groups is 2. The molecule has 5 nitrogen and oxygen atoms in total. The number of ether oxygens (including phenoxy) is 1. The van der Waals surface area contributed by atoms with Crippen LogP contribution in [0.1, 0.15) is 15.9 Å². The molecule has 0 saturated carbocycles. The molecule has 1 N–H and O–H groups in total. The van der Waals surface area contributed by atoms with E-state index < -0.39 is 17.6 Å². The van der Waals surface area contributed by atoms with Gasteiger partial charge in [-0.2, -0.15) is 0 Å². The normalized spacial score (nSPS) is 11.0. The SMILES string of the molecule is COc1ccc(/C=C(/NC(=O)c2ccc(Cl)cc2Cl)C(=O)[O-])cc1. The average molecular weight is 365 g/mol. The Labute approximate surface area is 148 Å². The largest absolute Gasteiger partial charge is 0.543 e. The fraction of sp³-hybridized carbons (Fsp3) is 0.0588. The second kappa shape index (κ2) is 7.86. The molecule has 2 rings (SSSR count). The fourth-order valence-electron chi connectivity index (χ4n) is 1.88. The molecule has 0 atom stereocenters. The van der Waals surface area contributed by atoms with E-state index in [2.05, 4.69) is 5.32 Å². The number of hydrogen-bond acceptors (Lipinski definition) is 4. The van der Waals surface area contributed by atoms with Crippen LogP contribution >= 0.6 is 23.2 Å². The predicted octanol–water partition coefficient (Wildman–Crippen LogP) is 2.52. The smallest absolute Gasteiger partial charge is 0.257 e. The van der Waals surface area contributed by atoms with Crippen molar-refractivity contribution in [1.82, 2.24) is 5.32 Å². The number of hydrogen-bond donors (Lipinski definition) is 1. The molecule has 0 aliphatic rings. The van der Waals surface area contributed by atoms with Gasteiger partial charge in [0.1, 0.15) is 5.75 Å². The van der Waals surface area contributed by atoms with Gasteiger partial charge in [-0.3, -0.25) is 4.79 Å². The number of amides is 1. The molecule has 0 heterocycles. The number of benzene rings is 2. The third-order valence-corrected chi connectivity index (χ3v) is 3.62. The van der Waals surface area contributed by atoms with Crippen LogP contribution in [0.15, 0.2) is 48.2 Å². The Morgan fingerprint density at radius 3 is 2.33 bits per heavy atom. The molecule has 1 amide bonds. The molecule has 0 saturated heterocycles. The van der Waals surface area contributed by atoms with E-state index in [9.17, 15) is 14.7 Å². The number of carbonyl (C=O) groups excluding carboxylic acids is 2. The first-order valence-corrected chi connectivity index (χ1v) is 7.50. The summed E-state index contributed by atoms with van der Waals surface area (Å²) < 4.78 is 5.02. The van der Waals surface area contributed by atoms with Gasteiger partial charge in [0.2, 0.25) is 0 Å². The van der Waals surface area contributed by atoms with E-state index in [1.54, 1.807) is 24.3 Å². The quantitative estimate of drug-likeness (QED) is 0.826. The Hall–Kier alpha value is -2.50. The van der Waals surface area contributed by atoms with E-state index in [0.29, 0.717) is 16.3 Å². The monoisotopic (exact) mass is 364 g/mol. The van der Waals surface area contributed by atoms with Crippen LogP contribution in [0.4, 0.5) is 0 Å². The number of carboxylic acids is 1. The summed E-state index contributed by atoms with van der Waals surface area (Å²) in [7, 11) is 1.52. The highest BCUT2D eigenvalue weighted by Gasteiger charge is 2.13. The summed E-state index contributed by atoms with van der Waals surface area (Å²) in [4.78, 5) is 23.5. The first-order chi connectivity index (χ1) is 11.4. The Morgan fingerprint density at radius 2 is 1.79 bits per heavy atom. The summed E-state index contributed by atoms with van der Waals surface area (Å²) in [5.41, 5.74) is 0.261. The van der Waals surface area contributed by atoms with E-state index in [4.69, 9.17) is 27.9 Å². The van der Waals surface area contributed by atoms with Gasteiger partial charge in [0.25, 0.3) is 5.91 Å². The van der Waals surface area contributed by atoms with Crippen LogP contribution in [-0.2, 0) is 4.79 Å². The van der Waals surface area contributed by atoms with Crippen LogP contribution in [-0.4, -0.2) is 19.0 Å². The number of rotatable bonds is 5. The van der Waals surface area contributed by atoms with Gasteiger partial charge in [0, 0.05) is 5.02 Å². The molecule has 0 aliphatic heterocycles. The maximum Gasteiger partial charge on any atom is 0.257 e. The van der Waals surface area contributed by atoms with Crippen molar-refractivity contribution in [1.29, 1.82) is 0 Å². The van der Waals surface area contributed by atoms with Crippen molar-refractivity contribution in [3.05, 3.63) is 69.3 Å². The first kappa shape index (κ1) is 17.8. The van der Waals surface area contributed by atoms with Gasteiger partial charge in [-0.25, -0.2) is 0 Å². The summed E-state index contributed by atoms with van der Waals surface area (Å²) in [5.74, 6) is -1.58. The molecule has 7 heteroatoms. The molecule has 0 fully saturated rings. The number of halogens is 2. The van der Waals surface area contributed by atoms with Gasteiger partial charge in [-0.15, -0.1) is 0 Å². The van der Waals surface area contributed by atoms with Crippen LogP contribution in [0.25, 0.3) is 6.08 Å². The van der Waals surface area contributed by atoms with Crippen LogP contribution in [0.2, 0.25) is 10.0 Å². The average Bonchev–Trinajstić information content (AvgIpc) is 2.54. The minimum Gasteiger partial charge on any atom is -0.543 e. The summed E-state index contributed by atoms with van der Waals surface area (Å²) in [6.45, 7) is 0. The maximum atomic E-state index is 12.2. The Bertz CT molecular complexity index is 801. The number of nitrogens with one attached hydrogen (secondary N) is 1. The minimum absolute atomic E-state index is 0.1000. The molecule has 24 heavy (non-hydrogen) atoms. The minimum atomic E-state index is -1.52. The van der Waals surface area contributed by atoms with E-state index in [1.165, 1.54) is 31.4 Å². The zero-order chi connectivity index (χ0) is 17.7. The van der Waals surface area contributed by atoms with E-state index in [0.717, 1.165) is 0 Å². The molecule has 0 bridgehead atoms. The van der Waals surface area contributed by atoms with Crippen LogP contribution in [0.3, 0.4) is 0 Å². The predicted molar refractivity (Wildman–Crippen MR) is 89.9 cm³/mol. The van der Waals surface area contributed by atoms with Gasteiger partial charge in [-0.1, -0.05) is 35.3 Å². The number of methoxy groups -OCH3 is 1. The summed E-state index contributed by atoms with van der Waals surface area (Å²) in [6.07, 6.45) is 1.27. The van der Waals surface area contributed by atoms with Gasteiger partial charge in [-0.05, 0) is 42.0 Å². The van der Waals surface area contributed by atoms with E-state index >= 15 is 0 Å².